The smallest absolute Gasteiger partial charge is 0.305 e. The van der Waals surface area contributed by atoms with Gasteiger partial charge in [0, 0.05) is 42.9 Å². The number of amides is 5. The van der Waals surface area contributed by atoms with E-state index in [-0.39, 0.29) is 86.3 Å². The van der Waals surface area contributed by atoms with Gasteiger partial charge in [0.1, 0.15) is 36.6 Å². The Balaban J connectivity index is 0.739. The second-order valence-electron chi connectivity index (χ2n) is 20.7. The predicted molar refractivity (Wildman–Crippen MR) is 311 cm³/mol. The van der Waals surface area contributed by atoms with Crippen molar-refractivity contribution in [1.29, 1.82) is 0 Å². The van der Waals surface area contributed by atoms with E-state index in [0.717, 1.165) is 4.90 Å². The van der Waals surface area contributed by atoms with Gasteiger partial charge in [0.2, 0.25) is 11.8 Å². The summed E-state index contributed by atoms with van der Waals surface area (Å²) in [5, 5.41) is 35.6. The van der Waals surface area contributed by atoms with Crippen molar-refractivity contribution in [3.63, 3.8) is 0 Å². The van der Waals surface area contributed by atoms with Crippen LogP contribution in [-0.2, 0) is 54.1 Å². The second kappa shape index (κ2) is 33.8. The Morgan fingerprint density at radius 3 is 1.86 bits per heavy atom. The molecule has 7 rings (SSSR count). The van der Waals surface area contributed by atoms with Gasteiger partial charge in [-0.1, -0.05) is 50.2 Å². The Labute approximate surface area is 497 Å². The number of hydrogen-bond donors (Lipinski definition) is 5. The second-order valence-corrected chi connectivity index (χ2v) is 20.7. The van der Waals surface area contributed by atoms with E-state index in [1.165, 1.54) is 30.3 Å². The minimum absolute atomic E-state index is 0.00112. The van der Waals surface area contributed by atoms with Gasteiger partial charge in [-0.25, -0.2) is 4.39 Å². The largest absolute Gasteiger partial charge is 0.491 e. The Bertz CT molecular complexity index is 3060. The third kappa shape index (κ3) is 19.1. The third-order valence-corrected chi connectivity index (χ3v) is 13.9. The van der Waals surface area contributed by atoms with Gasteiger partial charge in [0.15, 0.2) is 5.78 Å². The van der Waals surface area contributed by atoms with Crippen LogP contribution >= 0.6 is 0 Å². The number of ether oxygens (including phenoxy) is 8. The number of benzene rings is 4. The molecule has 86 heavy (non-hydrogen) atoms. The summed E-state index contributed by atoms with van der Waals surface area (Å²) in [6.07, 6.45) is -2.21. The SMILES string of the molecule is CC(C)c1c(C(=O)Nc2ccccc2)c(-c2ccc(OCCOCCOCCOCCOCCOCCOCCCC(=O)COc3cccc4c3C(=O)N(C3CCC(=O)NC3=O)C4=O)cc2)c(-c2ccc(F)cc2)n1CC[C@@H](O)C[C@@H](O)CC(=O)O. The molecule has 0 aliphatic carbocycles. The minimum Gasteiger partial charge on any atom is -0.491 e. The first-order valence-electron chi connectivity index (χ1n) is 28.8. The molecule has 23 heteroatoms. The molecule has 1 fully saturated rings. The topological polar surface area (TPSA) is 286 Å². The number of Topliss-reactive ketones (excluding diaryl/α,β-unsaturated/α-hetero) is 1. The molecule has 5 amide bonds. The molecule has 462 valence electrons. The standard InChI is InChI=1S/C63H75FN4O18/c1-41(2)58-57(61(76)65-45-8-4-3-5-9-45)55(59(43-13-17-44(64)18-14-43)67(58)24-23-46(69)38-48(71)39-54(73)74)42-15-19-49(20-16-42)85-37-36-84-35-34-83-33-32-82-31-30-81-29-28-80-27-26-79-25-7-10-47(70)40-86-52-12-6-11-50-56(52)63(78)68(62(50)77)51-21-22-53(72)66-60(51)75/h3-6,8-9,11-20,41,46,48,51,69,71H,7,10,21-40H2,1-2H3,(H,65,76)(H,73,74)(H,66,72,75)/t46-,48-,51?/m1/s1. The zero-order chi connectivity index (χ0) is 61.4. The van der Waals surface area contributed by atoms with E-state index in [2.05, 4.69) is 10.6 Å². The fourth-order valence-corrected chi connectivity index (χ4v) is 9.94. The minimum atomic E-state index is -1.25. The van der Waals surface area contributed by atoms with Crippen molar-refractivity contribution in [3.05, 3.63) is 125 Å². The average Bonchev–Trinajstić information content (AvgIpc) is 1.70. The van der Waals surface area contributed by atoms with Crippen LogP contribution in [0.15, 0.2) is 97.1 Å². The first-order chi connectivity index (χ1) is 41.6. The van der Waals surface area contributed by atoms with Crippen molar-refractivity contribution >= 4 is 47.0 Å². The zero-order valence-electron chi connectivity index (χ0n) is 48.3. The number of carbonyl (C=O) groups excluding carboxylic acids is 6. The van der Waals surface area contributed by atoms with Gasteiger partial charge in [-0.15, -0.1) is 0 Å². The van der Waals surface area contributed by atoms with Gasteiger partial charge in [0.25, 0.3) is 17.7 Å². The molecule has 5 aromatic rings. The van der Waals surface area contributed by atoms with Gasteiger partial charge in [-0.05, 0) is 103 Å². The number of aliphatic hydroxyl groups excluding tert-OH is 2. The van der Waals surface area contributed by atoms with Gasteiger partial charge in [-0.2, -0.15) is 0 Å². The highest BCUT2D eigenvalue weighted by atomic mass is 19.1. The van der Waals surface area contributed by atoms with Crippen LogP contribution in [0.1, 0.15) is 101 Å². The number of carboxylic acid groups (broad SMARTS) is 1. The molecule has 2 aliphatic rings. The van der Waals surface area contributed by atoms with Gasteiger partial charge < -0.3 is 63.1 Å². The van der Waals surface area contributed by atoms with Crippen LogP contribution in [0.4, 0.5) is 10.1 Å². The molecule has 0 spiro atoms. The number of piperidine rings is 1. The molecule has 1 saturated heterocycles. The lowest BCUT2D eigenvalue weighted by Gasteiger charge is -2.27. The molecule has 22 nitrogen and oxygen atoms in total. The molecule has 0 bridgehead atoms. The van der Waals surface area contributed by atoms with E-state index in [9.17, 15) is 48.2 Å². The highest BCUT2D eigenvalue weighted by molar-refractivity contribution is 6.24. The molecule has 3 atom stereocenters. The summed E-state index contributed by atoms with van der Waals surface area (Å²) < 4.78 is 61.6. The summed E-state index contributed by atoms with van der Waals surface area (Å²) in [7, 11) is 0. The number of fused-ring (bicyclic) bond motifs is 1. The summed E-state index contributed by atoms with van der Waals surface area (Å²) in [5.41, 5.74) is 4.19. The maximum atomic E-state index is 14.5. The number of anilines is 1. The molecule has 0 saturated carbocycles. The first kappa shape index (κ1) is 65.8. The fourth-order valence-electron chi connectivity index (χ4n) is 9.94. The van der Waals surface area contributed by atoms with Crippen molar-refractivity contribution in [2.24, 2.45) is 0 Å². The van der Waals surface area contributed by atoms with Gasteiger partial charge in [0.05, 0.1) is 114 Å². The molecule has 2 aliphatic heterocycles. The molecule has 1 aromatic heterocycles. The number of aliphatic carboxylic acids is 1. The number of halogens is 1. The lowest BCUT2D eigenvalue weighted by atomic mass is 9.94. The number of para-hydroxylation sites is 1. The fraction of sp³-hybridized carbons (Fsp3) is 0.444. The van der Waals surface area contributed by atoms with Crippen LogP contribution in [0.5, 0.6) is 11.5 Å². The van der Waals surface area contributed by atoms with Crippen LogP contribution < -0.4 is 20.1 Å². The summed E-state index contributed by atoms with van der Waals surface area (Å²) >= 11 is 0. The van der Waals surface area contributed by atoms with Crippen LogP contribution in [0, 0.1) is 5.82 Å². The molecule has 4 aromatic carbocycles. The van der Waals surface area contributed by atoms with E-state index < -0.39 is 60.1 Å². The number of hydrogen-bond acceptors (Lipinski definition) is 17. The van der Waals surface area contributed by atoms with Crippen LogP contribution in [0.25, 0.3) is 22.4 Å². The van der Waals surface area contributed by atoms with E-state index in [0.29, 0.717) is 131 Å². The first-order valence-corrected chi connectivity index (χ1v) is 28.8. The van der Waals surface area contributed by atoms with E-state index in [1.54, 1.807) is 36.4 Å². The number of aliphatic hydroxyl groups is 2. The summed E-state index contributed by atoms with van der Waals surface area (Å²) in [6, 6.07) is 25.6. The molecular formula is C63H75FN4O18. The van der Waals surface area contributed by atoms with Crippen molar-refractivity contribution in [2.45, 2.75) is 89.5 Å². The Morgan fingerprint density at radius 1 is 0.674 bits per heavy atom. The number of carbonyl (C=O) groups is 7. The van der Waals surface area contributed by atoms with Crippen molar-refractivity contribution < 1.29 is 91.2 Å². The Kier molecular flexibility index (Phi) is 25.9. The molecular weight excluding hydrogens is 1120 g/mol. The van der Waals surface area contributed by atoms with Gasteiger partial charge in [-0.3, -0.25) is 43.8 Å². The predicted octanol–water partition coefficient (Wildman–Crippen LogP) is 6.62. The van der Waals surface area contributed by atoms with Crippen LogP contribution in [-0.4, -0.2) is 177 Å². The Morgan fingerprint density at radius 2 is 1.27 bits per heavy atom. The summed E-state index contributed by atoms with van der Waals surface area (Å²) in [4.78, 5) is 89.3. The summed E-state index contributed by atoms with van der Waals surface area (Å²) in [6.45, 7) is 8.23. The van der Waals surface area contributed by atoms with Crippen LogP contribution in [0.3, 0.4) is 0 Å². The average molecular weight is 1200 g/mol. The monoisotopic (exact) mass is 1190 g/mol. The molecule has 3 heterocycles. The van der Waals surface area contributed by atoms with Gasteiger partial charge >= 0.3 is 5.97 Å². The molecule has 5 N–H and O–H groups in total. The number of nitrogens with one attached hydrogen (secondary N) is 2. The van der Waals surface area contributed by atoms with E-state index in [4.69, 9.17) is 43.0 Å². The van der Waals surface area contributed by atoms with E-state index >= 15 is 0 Å². The number of aromatic nitrogens is 1. The maximum absolute atomic E-state index is 14.5. The third-order valence-electron chi connectivity index (χ3n) is 13.9. The quantitative estimate of drug-likeness (QED) is 0.0204. The number of ketones is 1. The number of imide groups is 2. The van der Waals surface area contributed by atoms with Crippen molar-refractivity contribution in [1.82, 2.24) is 14.8 Å². The number of nitrogens with zero attached hydrogens (tertiary/aromatic N) is 2. The number of rotatable bonds is 39. The highest BCUT2D eigenvalue weighted by Gasteiger charge is 2.46. The highest BCUT2D eigenvalue weighted by Crippen LogP contribution is 2.43. The molecule has 0 radical (unpaired) electrons. The van der Waals surface area contributed by atoms with Crippen molar-refractivity contribution in [2.75, 3.05) is 97.8 Å². The molecule has 1 unspecified atom stereocenters. The lowest BCUT2D eigenvalue weighted by molar-refractivity contribution is -0.140. The normalized spacial score (nSPS) is 14.8. The lowest BCUT2D eigenvalue weighted by Crippen LogP contribution is -2.54. The van der Waals surface area contributed by atoms with Crippen LogP contribution in [0.2, 0.25) is 0 Å². The van der Waals surface area contributed by atoms with Crippen molar-refractivity contribution in [3.8, 4) is 33.9 Å². The maximum Gasteiger partial charge on any atom is 0.305 e. The Hall–Kier alpha value is -7.74. The zero-order valence-corrected chi connectivity index (χ0v) is 48.3. The number of carboxylic acids is 1. The van der Waals surface area contributed by atoms with E-state index in [1.807, 2.05) is 48.7 Å². The summed E-state index contributed by atoms with van der Waals surface area (Å²) in [5.74, 6) is -4.37.